The fourth-order valence-electron chi connectivity index (χ4n) is 7.17. The molecule has 1 aliphatic heterocycles. The van der Waals surface area contributed by atoms with Crippen molar-refractivity contribution >= 4 is 28.1 Å². The van der Waals surface area contributed by atoms with E-state index in [2.05, 4.69) is 53.3 Å². The molecule has 2 unspecified atom stereocenters. The van der Waals surface area contributed by atoms with E-state index in [1.54, 1.807) is 0 Å². The number of H-pyrrole nitrogens is 1. The van der Waals surface area contributed by atoms with E-state index in [-0.39, 0.29) is 11.4 Å². The van der Waals surface area contributed by atoms with Crippen LogP contribution in [0.3, 0.4) is 0 Å². The van der Waals surface area contributed by atoms with Crippen molar-refractivity contribution in [3.63, 3.8) is 0 Å². The standard InChI is InChI=1S/C24H28N6/c1-24(14-5-6-15(23(26)27)17(25)10-14)22-13-4-3-12(9-13)20(22)21-16-11-28-29-18(16)7-8-19(21)30(24)2/h5-8,10-13,20,22H,3-4,9,25H2,1-2H3,(H3,26,27)(H,28,29)/t12?,13?,20-,22-,24+/m1/s1. The molecule has 2 bridgehead atoms. The minimum absolute atomic E-state index is 0.0201. The summed E-state index contributed by atoms with van der Waals surface area (Å²) in [5, 5.41) is 16.6. The highest BCUT2D eigenvalue weighted by Gasteiger charge is 2.60. The van der Waals surface area contributed by atoms with Gasteiger partial charge in [-0.05, 0) is 85.3 Å². The molecule has 6 nitrogen and oxygen atoms in total. The monoisotopic (exact) mass is 400 g/mol. The first-order valence-electron chi connectivity index (χ1n) is 10.9. The van der Waals surface area contributed by atoms with Crippen molar-refractivity contribution < 1.29 is 0 Å². The molecular formula is C24H28N6. The zero-order valence-corrected chi connectivity index (χ0v) is 17.4. The molecule has 3 aliphatic rings. The van der Waals surface area contributed by atoms with Gasteiger partial charge >= 0.3 is 0 Å². The van der Waals surface area contributed by atoms with Gasteiger partial charge < -0.3 is 16.4 Å². The van der Waals surface area contributed by atoms with E-state index in [0.29, 0.717) is 23.1 Å². The largest absolute Gasteiger partial charge is 0.398 e. The summed E-state index contributed by atoms with van der Waals surface area (Å²) >= 11 is 0. The number of amidine groups is 1. The summed E-state index contributed by atoms with van der Waals surface area (Å²) < 4.78 is 0. The van der Waals surface area contributed by atoms with Gasteiger partial charge in [0.15, 0.2) is 0 Å². The Kier molecular flexibility index (Phi) is 3.43. The minimum Gasteiger partial charge on any atom is -0.398 e. The third-order valence-corrected chi connectivity index (χ3v) is 8.53. The molecular weight excluding hydrogens is 372 g/mol. The molecule has 2 aliphatic carbocycles. The highest BCUT2D eigenvalue weighted by molar-refractivity contribution is 6.00. The van der Waals surface area contributed by atoms with Crippen molar-refractivity contribution in [3.05, 3.63) is 53.2 Å². The van der Waals surface area contributed by atoms with Gasteiger partial charge in [-0.3, -0.25) is 10.5 Å². The summed E-state index contributed by atoms with van der Waals surface area (Å²) in [6.07, 6.45) is 5.96. The number of fused-ring (bicyclic) bond motifs is 9. The molecule has 30 heavy (non-hydrogen) atoms. The number of aromatic amines is 1. The Bertz CT molecular complexity index is 1200. The number of aromatic nitrogens is 2. The molecule has 0 amide bonds. The van der Waals surface area contributed by atoms with E-state index in [9.17, 15) is 0 Å². The van der Waals surface area contributed by atoms with Crippen LogP contribution < -0.4 is 16.4 Å². The van der Waals surface area contributed by atoms with Crippen LogP contribution in [0.4, 0.5) is 11.4 Å². The Labute approximate surface area is 176 Å². The number of hydrogen-bond donors (Lipinski definition) is 4. The topological polar surface area (TPSA) is 108 Å². The molecule has 3 aromatic rings. The normalized spacial score (nSPS) is 31.7. The van der Waals surface area contributed by atoms with Crippen LogP contribution in [-0.4, -0.2) is 23.1 Å². The summed E-state index contributed by atoms with van der Waals surface area (Å²) in [4.78, 5) is 2.47. The number of benzene rings is 2. The predicted molar refractivity (Wildman–Crippen MR) is 121 cm³/mol. The Morgan fingerprint density at radius 1 is 1.23 bits per heavy atom. The van der Waals surface area contributed by atoms with Crippen molar-refractivity contribution in [2.75, 3.05) is 17.7 Å². The number of nitrogen functional groups attached to an aromatic ring is 2. The van der Waals surface area contributed by atoms with Crippen LogP contribution in [0, 0.1) is 23.2 Å². The van der Waals surface area contributed by atoms with Gasteiger partial charge in [0.25, 0.3) is 0 Å². The first kappa shape index (κ1) is 17.8. The molecule has 0 spiro atoms. The average Bonchev–Trinajstić information content (AvgIpc) is 3.46. The van der Waals surface area contributed by atoms with Gasteiger partial charge in [0, 0.05) is 29.4 Å². The quantitative estimate of drug-likeness (QED) is 0.297. The van der Waals surface area contributed by atoms with Crippen molar-refractivity contribution in [1.82, 2.24) is 10.2 Å². The van der Waals surface area contributed by atoms with E-state index in [4.69, 9.17) is 16.9 Å². The lowest BCUT2D eigenvalue weighted by Gasteiger charge is -2.55. The third-order valence-electron chi connectivity index (χ3n) is 8.53. The van der Waals surface area contributed by atoms with E-state index >= 15 is 0 Å². The molecule has 6 N–H and O–H groups in total. The summed E-state index contributed by atoms with van der Waals surface area (Å²) in [7, 11) is 2.22. The molecule has 2 heterocycles. The van der Waals surface area contributed by atoms with E-state index in [1.165, 1.54) is 41.5 Å². The second kappa shape index (κ2) is 5.78. The van der Waals surface area contributed by atoms with Gasteiger partial charge in [0.1, 0.15) is 5.84 Å². The fraction of sp³-hybridized carbons (Fsp3) is 0.417. The summed E-state index contributed by atoms with van der Waals surface area (Å²) in [6.45, 7) is 2.39. The molecule has 154 valence electrons. The number of anilines is 2. The van der Waals surface area contributed by atoms with Crippen LogP contribution >= 0.6 is 0 Å². The number of nitrogens with two attached hydrogens (primary N) is 2. The SMILES string of the molecule is CN1c2ccc3[nH]ncc3c2[C@H]2C3CCC(C3)[C@H]2[C@]1(C)c1ccc(C(=N)N)c(N)c1. The third kappa shape index (κ3) is 2.04. The van der Waals surface area contributed by atoms with E-state index in [1.807, 2.05) is 12.3 Å². The molecule has 6 heteroatoms. The molecule has 2 fully saturated rings. The van der Waals surface area contributed by atoms with Crippen LogP contribution in [0.5, 0.6) is 0 Å². The van der Waals surface area contributed by atoms with Crippen LogP contribution in [0.25, 0.3) is 10.9 Å². The lowest BCUT2D eigenvalue weighted by molar-refractivity contribution is 0.158. The minimum atomic E-state index is -0.168. The molecule has 2 aromatic carbocycles. The van der Waals surface area contributed by atoms with Gasteiger partial charge in [-0.15, -0.1) is 0 Å². The number of nitrogens with one attached hydrogen (secondary N) is 2. The predicted octanol–water partition coefficient (Wildman–Crippen LogP) is 3.92. The first-order chi connectivity index (χ1) is 14.4. The highest BCUT2D eigenvalue weighted by atomic mass is 15.2. The zero-order chi connectivity index (χ0) is 20.8. The Morgan fingerprint density at radius 2 is 2.03 bits per heavy atom. The fourth-order valence-corrected chi connectivity index (χ4v) is 7.17. The van der Waals surface area contributed by atoms with Crippen LogP contribution in [0.2, 0.25) is 0 Å². The maximum absolute atomic E-state index is 7.80. The van der Waals surface area contributed by atoms with Crippen molar-refractivity contribution in [1.29, 1.82) is 5.41 Å². The Morgan fingerprint density at radius 3 is 2.80 bits per heavy atom. The van der Waals surface area contributed by atoms with Crippen LogP contribution in [-0.2, 0) is 5.54 Å². The smallest absolute Gasteiger partial charge is 0.124 e. The maximum atomic E-state index is 7.80. The van der Waals surface area contributed by atoms with Crippen molar-refractivity contribution in [2.24, 2.45) is 23.5 Å². The van der Waals surface area contributed by atoms with Gasteiger partial charge in [0.2, 0.25) is 0 Å². The molecule has 5 atom stereocenters. The summed E-state index contributed by atoms with van der Waals surface area (Å²) in [5.41, 5.74) is 18.2. The summed E-state index contributed by atoms with van der Waals surface area (Å²) in [5.74, 6) is 2.54. The molecule has 6 rings (SSSR count). The Balaban J connectivity index is 1.60. The van der Waals surface area contributed by atoms with E-state index in [0.717, 1.165) is 17.4 Å². The second-order valence-electron chi connectivity index (χ2n) is 9.64. The van der Waals surface area contributed by atoms with Crippen molar-refractivity contribution in [3.8, 4) is 0 Å². The average molecular weight is 401 g/mol. The molecule has 0 radical (unpaired) electrons. The second-order valence-corrected chi connectivity index (χ2v) is 9.64. The number of rotatable bonds is 2. The zero-order valence-electron chi connectivity index (χ0n) is 17.4. The lowest BCUT2D eigenvalue weighted by Crippen LogP contribution is -2.54. The lowest BCUT2D eigenvalue weighted by atomic mass is 9.60. The van der Waals surface area contributed by atoms with Gasteiger partial charge in [-0.1, -0.05) is 6.07 Å². The molecule has 1 aromatic heterocycles. The van der Waals surface area contributed by atoms with Crippen LogP contribution in [0.1, 0.15) is 48.8 Å². The van der Waals surface area contributed by atoms with Gasteiger partial charge in [0.05, 0.1) is 17.3 Å². The van der Waals surface area contributed by atoms with Crippen LogP contribution in [0.15, 0.2) is 36.5 Å². The molecule has 0 saturated heterocycles. The number of nitrogens with zero attached hydrogens (tertiary/aromatic N) is 2. The van der Waals surface area contributed by atoms with Crippen molar-refractivity contribution in [2.45, 2.75) is 37.6 Å². The number of hydrogen-bond acceptors (Lipinski definition) is 4. The molecule has 2 saturated carbocycles. The summed E-state index contributed by atoms with van der Waals surface area (Å²) in [6, 6.07) is 10.5. The highest BCUT2D eigenvalue weighted by Crippen LogP contribution is 2.67. The van der Waals surface area contributed by atoms with Gasteiger partial charge in [-0.2, -0.15) is 5.10 Å². The van der Waals surface area contributed by atoms with E-state index < -0.39 is 0 Å². The maximum Gasteiger partial charge on any atom is 0.124 e. The first-order valence-corrected chi connectivity index (χ1v) is 10.9. The Hall–Kier alpha value is -3.02. The van der Waals surface area contributed by atoms with Gasteiger partial charge in [-0.25, -0.2) is 0 Å².